The van der Waals surface area contributed by atoms with Gasteiger partial charge in [0.1, 0.15) is 0 Å². The predicted molar refractivity (Wildman–Crippen MR) is 65.9 cm³/mol. The van der Waals surface area contributed by atoms with Gasteiger partial charge in [-0.2, -0.15) is 0 Å². The molecule has 0 aromatic carbocycles. The van der Waals surface area contributed by atoms with Crippen molar-refractivity contribution in [2.75, 3.05) is 13.1 Å². The second-order valence-electron chi connectivity index (χ2n) is 4.91. The molecule has 17 heavy (non-hydrogen) atoms. The quantitative estimate of drug-likeness (QED) is 0.730. The third kappa shape index (κ3) is 3.43. The second kappa shape index (κ2) is 6.00. The van der Waals surface area contributed by atoms with Crippen molar-refractivity contribution in [2.45, 2.75) is 39.2 Å². The van der Waals surface area contributed by atoms with Crippen LogP contribution in [0.4, 0.5) is 0 Å². The fourth-order valence-corrected chi connectivity index (χ4v) is 2.09. The highest BCUT2D eigenvalue weighted by atomic mass is 16.2. The maximum Gasteiger partial charge on any atom is 0.239 e. The molecule has 1 rings (SSSR count). The zero-order valence-corrected chi connectivity index (χ0v) is 10.7. The van der Waals surface area contributed by atoms with E-state index in [1.54, 1.807) is 4.90 Å². The lowest BCUT2D eigenvalue weighted by atomic mass is 9.94. The van der Waals surface area contributed by atoms with Crippen molar-refractivity contribution >= 4 is 11.8 Å². The van der Waals surface area contributed by atoms with Crippen LogP contribution in [0.5, 0.6) is 0 Å². The maximum atomic E-state index is 12.1. The molecule has 0 bridgehead atoms. The normalized spacial score (nSPS) is 21.0. The Morgan fingerprint density at radius 3 is 2.29 bits per heavy atom. The molecule has 0 saturated carbocycles. The summed E-state index contributed by atoms with van der Waals surface area (Å²) in [6, 6.07) is -0.426. The van der Waals surface area contributed by atoms with E-state index >= 15 is 0 Å². The van der Waals surface area contributed by atoms with Gasteiger partial charge in [-0.1, -0.05) is 20.3 Å². The lowest BCUT2D eigenvalue weighted by Gasteiger charge is -2.33. The minimum absolute atomic E-state index is 0.00210. The van der Waals surface area contributed by atoms with E-state index in [0.717, 1.165) is 6.42 Å². The van der Waals surface area contributed by atoms with Crippen molar-refractivity contribution in [1.29, 1.82) is 0 Å². The molecule has 0 aliphatic carbocycles. The molecule has 98 valence electrons. The molecule has 0 spiro atoms. The molecular weight excluding hydrogens is 218 g/mol. The highest BCUT2D eigenvalue weighted by Crippen LogP contribution is 2.18. The summed E-state index contributed by atoms with van der Waals surface area (Å²) in [5.41, 5.74) is 11.2. The molecule has 5 nitrogen and oxygen atoms in total. The smallest absolute Gasteiger partial charge is 0.239 e. The number of likely N-dealkylation sites (tertiary alicyclic amines) is 1. The van der Waals surface area contributed by atoms with Gasteiger partial charge >= 0.3 is 0 Å². The number of nitrogens with zero attached hydrogens (tertiary/aromatic N) is 1. The minimum atomic E-state index is -0.426. The molecule has 2 amide bonds. The van der Waals surface area contributed by atoms with E-state index in [1.165, 1.54) is 0 Å². The van der Waals surface area contributed by atoms with Crippen LogP contribution in [0.1, 0.15) is 33.1 Å². The Labute approximate surface area is 103 Å². The van der Waals surface area contributed by atoms with Crippen LogP contribution in [0.3, 0.4) is 0 Å². The van der Waals surface area contributed by atoms with E-state index < -0.39 is 6.04 Å². The molecule has 5 heteroatoms. The molecule has 1 aliphatic rings. The van der Waals surface area contributed by atoms with Crippen LogP contribution >= 0.6 is 0 Å². The average Bonchev–Trinajstić information content (AvgIpc) is 2.36. The summed E-state index contributed by atoms with van der Waals surface area (Å²) in [4.78, 5) is 24.8. The molecule has 1 aliphatic heterocycles. The van der Waals surface area contributed by atoms with E-state index in [4.69, 9.17) is 11.5 Å². The lowest BCUT2D eigenvalue weighted by Crippen LogP contribution is -2.50. The van der Waals surface area contributed by atoms with E-state index in [9.17, 15) is 9.59 Å². The summed E-state index contributed by atoms with van der Waals surface area (Å²) in [6.45, 7) is 5.20. The number of primary amides is 1. The van der Waals surface area contributed by atoms with Gasteiger partial charge < -0.3 is 16.4 Å². The van der Waals surface area contributed by atoms with Gasteiger partial charge in [0.25, 0.3) is 0 Å². The fourth-order valence-electron chi connectivity index (χ4n) is 2.09. The van der Waals surface area contributed by atoms with Crippen molar-refractivity contribution in [3.05, 3.63) is 0 Å². The number of carbonyl (C=O) groups excluding carboxylic acids is 2. The first-order valence-corrected chi connectivity index (χ1v) is 6.31. The van der Waals surface area contributed by atoms with Gasteiger partial charge in [0.05, 0.1) is 6.04 Å². The van der Waals surface area contributed by atoms with Gasteiger partial charge in [0.15, 0.2) is 0 Å². The Morgan fingerprint density at radius 1 is 1.35 bits per heavy atom. The summed E-state index contributed by atoms with van der Waals surface area (Å²) in [6.07, 6.45) is 2.22. The summed E-state index contributed by atoms with van der Waals surface area (Å²) < 4.78 is 0. The number of carbonyl (C=O) groups is 2. The Morgan fingerprint density at radius 2 is 1.88 bits per heavy atom. The van der Waals surface area contributed by atoms with Crippen LogP contribution in [0.2, 0.25) is 0 Å². The zero-order valence-electron chi connectivity index (χ0n) is 10.7. The number of rotatable bonds is 4. The van der Waals surface area contributed by atoms with E-state index in [1.807, 2.05) is 13.8 Å². The highest BCUT2D eigenvalue weighted by molar-refractivity contribution is 5.82. The molecule has 4 N–H and O–H groups in total. The first kappa shape index (κ1) is 14.0. The third-order valence-corrected chi connectivity index (χ3v) is 3.75. The standard InChI is InChI=1S/C12H23N3O2/c1-3-8(2)10(13)12(17)15-6-4-9(5-7-15)11(14)16/h8-10H,3-7,13H2,1-2H3,(H2,14,16)/t8?,10-/m0/s1. The van der Waals surface area contributed by atoms with E-state index in [0.29, 0.717) is 25.9 Å². The van der Waals surface area contributed by atoms with Gasteiger partial charge in [0, 0.05) is 19.0 Å². The molecule has 0 aromatic heterocycles. The maximum absolute atomic E-state index is 12.1. The summed E-state index contributed by atoms with van der Waals surface area (Å²) >= 11 is 0. The molecule has 0 aromatic rings. The number of hydrogen-bond acceptors (Lipinski definition) is 3. The SMILES string of the molecule is CCC(C)[C@H](N)C(=O)N1CCC(C(N)=O)CC1. The predicted octanol–water partition coefficient (Wildman–Crippen LogP) is 0.0837. The van der Waals surface area contributed by atoms with Crippen LogP contribution < -0.4 is 11.5 Å². The molecule has 1 saturated heterocycles. The number of piperidine rings is 1. The topological polar surface area (TPSA) is 89.4 Å². The van der Waals surface area contributed by atoms with Gasteiger partial charge in [-0.05, 0) is 18.8 Å². The molecular formula is C12H23N3O2. The molecule has 1 fully saturated rings. The van der Waals surface area contributed by atoms with Gasteiger partial charge in [-0.25, -0.2) is 0 Å². The second-order valence-corrected chi connectivity index (χ2v) is 4.91. The average molecular weight is 241 g/mol. The van der Waals surface area contributed by atoms with Crippen molar-refractivity contribution in [3.63, 3.8) is 0 Å². The highest BCUT2D eigenvalue weighted by Gasteiger charge is 2.30. The van der Waals surface area contributed by atoms with Crippen molar-refractivity contribution < 1.29 is 9.59 Å². The fraction of sp³-hybridized carbons (Fsp3) is 0.833. The first-order valence-electron chi connectivity index (χ1n) is 6.31. The Hall–Kier alpha value is -1.10. The summed E-state index contributed by atoms with van der Waals surface area (Å²) in [5, 5.41) is 0. The van der Waals surface area contributed by atoms with E-state index in [-0.39, 0.29) is 23.7 Å². The molecule has 2 atom stereocenters. The van der Waals surface area contributed by atoms with Crippen LogP contribution in [0.15, 0.2) is 0 Å². The largest absolute Gasteiger partial charge is 0.369 e. The summed E-state index contributed by atoms with van der Waals surface area (Å²) in [7, 11) is 0. The van der Waals surface area contributed by atoms with E-state index in [2.05, 4.69) is 0 Å². The van der Waals surface area contributed by atoms with Crippen molar-refractivity contribution in [3.8, 4) is 0 Å². The zero-order chi connectivity index (χ0) is 13.0. The van der Waals surface area contributed by atoms with Gasteiger partial charge in [0.2, 0.25) is 11.8 Å². The van der Waals surface area contributed by atoms with Gasteiger partial charge in [-0.15, -0.1) is 0 Å². The Bertz CT molecular complexity index is 285. The van der Waals surface area contributed by atoms with Crippen LogP contribution in [0, 0.1) is 11.8 Å². The lowest BCUT2D eigenvalue weighted by molar-refractivity contribution is -0.137. The van der Waals surface area contributed by atoms with Crippen molar-refractivity contribution in [2.24, 2.45) is 23.3 Å². The monoisotopic (exact) mass is 241 g/mol. The van der Waals surface area contributed by atoms with Gasteiger partial charge in [-0.3, -0.25) is 9.59 Å². The van der Waals surface area contributed by atoms with Crippen LogP contribution in [0.25, 0.3) is 0 Å². The molecule has 1 unspecified atom stereocenters. The van der Waals surface area contributed by atoms with Crippen LogP contribution in [-0.4, -0.2) is 35.8 Å². The minimum Gasteiger partial charge on any atom is -0.369 e. The number of amides is 2. The van der Waals surface area contributed by atoms with Crippen LogP contribution in [-0.2, 0) is 9.59 Å². The van der Waals surface area contributed by atoms with Crippen molar-refractivity contribution in [1.82, 2.24) is 4.90 Å². The Kier molecular flexibility index (Phi) is 4.93. The number of hydrogen-bond donors (Lipinski definition) is 2. The number of nitrogens with two attached hydrogens (primary N) is 2. The summed E-state index contributed by atoms with van der Waals surface area (Å²) in [5.74, 6) is -0.152. The first-order chi connectivity index (χ1) is 7.97. The Balaban J connectivity index is 2.48. The molecule has 1 heterocycles. The third-order valence-electron chi connectivity index (χ3n) is 3.75. The molecule has 0 radical (unpaired) electrons.